The quantitative estimate of drug-likeness (QED) is 0.414. The number of phenolic OH excluding ortho intramolecular Hbond substituents is 1. The maximum absolute atomic E-state index is 12.8. The van der Waals surface area contributed by atoms with Crippen LogP contribution in [0.15, 0.2) is 30.4 Å². The number of hydrogen-bond acceptors (Lipinski definition) is 5. The van der Waals surface area contributed by atoms with Gasteiger partial charge in [0.25, 0.3) is 5.91 Å². The fourth-order valence-electron chi connectivity index (χ4n) is 2.78. The number of phenols is 1. The molecule has 0 bridgehead atoms. The van der Waals surface area contributed by atoms with Gasteiger partial charge in [-0.25, -0.2) is 5.48 Å². The van der Waals surface area contributed by atoms with Crippen molar-refractivity contribution in [3.63, 3.8) is 0 Å². The van der Waals surface area contributed by atoms with Crippen molar-refractivity contribution in [2.75, 3.05) is 19.8 Å². The molecule has 7 heteroatoms. The van der Waals surface area contributed by atoms with Gasteiger partial charge in [-0.2, -0.15) is 0 Å². The predicted molar refractivity (Wildman–Crippen MR) is 91.1 cm³/mol. The number of ether oxygens (including phenoxy) is 1. The molecule has 0 atom stereocenters. The first-order valence-electron chi connectivity index (χ1n) is 8.30. The molecule has 1 aliphatic rings. The summed E-state index contributed by atoms with van der Waals surface area (Å²) < 4.78 is 5.31. The summed E-state index contributed by atoms with van der Waals surface area (Å²) in [6.45, 7) is 3.75. The number of carbonyl (C=O) groups is 2. The molecule has 7 nitrogen and oxygen atoms in total. The van der Waals surface area contributed by atoms with Gasteiger partial charge in [-0.1, -0.05) is 18.2 Å². The largest absolute Gasteiger partial charge is 0.508 e. The predicted octanol–water partition coefficient (Wildman–Crippen LogP) is 1.84. The van der Waals surface area contributed by atoms with Crippen LogP contribution in [0.4, 0.5) is 0 Å². The van der Waals surface area contributed by atoms with Crippen molar-refractivity contribution >= 4 is 11.8 Å². The van der Waals surface area contributed by atoms with Crippen molar-refractivity contribution in [3.8, 4) is 5.75 Å². The molecule has 1 aromatic rings. The molecule has 0 aromatic heterocycles. The van der Waals surface area contributed by atoms with Crippen LogP contribution in [0.5, 0.6) is 5.75 Å². The average Bonchev–Trinajstić information content (AvgIpc) is 2.65. The van der Waals surface area contributed by atoms with Crippen molar-refractivity contribution in [2.45, 2.75) is 26.3 Å². The van der Waals surface area contributed by atoms with Gasteiger partial charge in [0.2, 0.25) is 5.91 Å². The van der Waals surface area contributed by atoms with Gasteiger partial charge in [0, 0.05) is 43.3 Å². The second-order valence-electron chi connectivity index (χ2n) is 5.96. The highest BCUT2D eigenvalue weighted by atomic mass is 16.5. The van der Waals surface area contributed by atoms with Gasteiger partial charge in [0.05, 0.1) is 0 Å². The molecule has 0 spiro atoms. The number of carbonyl (C=O) groups excluding carboxylic acids is 2. The highest BCUT2D eigenvalue weighted by Gasteiger charge is 2.26. The summed E-state index contributed by atoms with van der Waals surface area (Å²) in [7, 11) is 0. The Bertz CT molecular complexity index is 638. The van der Waals surface area contributed by atoms with Crippen LogP contribution in [-0.4, -0.2) is 46.8 Å². The molecule has 3 N–H and O–H groups in total. The first-order chi connectivity index (χ1) is 12.1. The third kappa shape index (κ3) is 5.04. The Hall–Kier alpha value is -2.38. The van der Waals surface area contributed by atoms with E-state index in [1.165, 1.54) is 17.6 Å². The molecular formula is C18H24N2O5. The minimum absolute atomic E-state index is 0.0398. The molecule has 1 fully saturated rings. The van der Waals surface area contributed by atoms with Gasteiger partial charge in [0.1, 0.15) is 5.75 Å². The second kappa shape index (κ2) is 9.19. The van der Waals surface area contributed by atoms with E-state index in [9.17, 15) is 14.7 Å². The van der Waals surface area contributed by atoms with Gasteiger partial charge in [-0.05, 0) is 31.9 Å². The number of amides is 2. The summed E-state index contributed by atoms with van der Waals surface area (Å²) in [5, 5.41) is 18.8. The van der Waals surface area contributed by atoms with Gasteiger partial charge in [0.15, 0.2) is 0 Å². The Morgan fingerprint density at radius 3 is 2.68 bits per heavy atom. The Labute approximate surface area is 146 Å². The summed E-state index contributed by atoms with van der Waals surface area (Å²) in [5.41, 5.74) is 2.20. The number of hydroxylamine groups is 1. The normalized spacial score (nSPS) is 15.3. The summed E-state index contributed by atoms with van der Waals surface area (Å²) in [6, 6.07) is 4.35. The van der Waals surface area contributed by atoms with E-state index in [1.54, 1.807) is 11.0 Å². The van der Waals surface area contributed by atoms with Crippen molar-refractivity contribution < 1.29 is 24.6 Å². The van der Waals surface area contributed by atoms with Crippen LogP contribution in [0.25, 0.3) is 0 Å². The fraction of sp³-hybridized carbons (Fsp3) is 0.444. The number of hydrogen-bond donors (Lipinski definition) is 3. The Morgan fingerprint density at radius 2 is 2.08 bits per heavy atom. The zero-order valence-electron chi connectivity index (χ0n) is 14.3. The van der Waals surface area contributed by atoms with E-state index < -0.39 is 5.91 Å². The van der Waals surface area contributed by atoms with Crippen LogP contribution in [0.3, 0.4) is 0 Å². The van der Waals surface area contributed by atoms with E-state index in [0.717, 1.165) is 0 Å². The second-order valence-corrected chi connectivity index (χ2v) is 5.96. The maximum atomic E-state index is 12.8. The molecule has 1 aromatic carbocycles. The molecule has 0 unspecified atom stereocenters. The molecule has 0 saturated carbocycles. The number of aromatic hydroxyl groups is 1. The van der Waals surface area contributed by atoms with E-state index in [4.69, 9.17) is 9.94 Å². The third-order valence-electron chi connectivity index (χ3n) is 4.25. The molecule has 0 radical (unpaired) electrons. The Balaban J connectivity index is 2.15. The lowest BCUT2D eigenvalue weighted by Crippen LogP contribution is -2.38. The van der Waals surface area contributed by atoms with Crippen LogP contribution in [0.1, 0.15) is 35.7 Å². The number of rotatable bonds is 6. The lowest BCUT2D eigenvalue weighted by molar-refractivity contribution is -0.138. The summed E-state index contributed by atoms with van der Waals surface area (Å²) >= 11 is 0. The standard InChI is InChI=1S/C18H24N2O5/c1-2-3-8-20(18(23)13-6-9-25-10-7-13)12-15-5-4-14(11-16(15)21)17(22)19-24/h2-5,11,13,21,24H,6-10,12H2,1H3,(H,19,22)/b3-2-. The minimum Gasteiger partial charge on any atom is -0.508 e. The van der Waals surface area contributed by atoms with E-state index in [-0.39, 0.29) is 29.7 Å². The highest BCUT2D eigenvalue weighted by molar-refractivity contribution is 5.93. The van der Waals surface area contributed by atoms with Crippen LogP contribution in [0, 0.1) is 5.92 Å². The molecular weight excluding hydrogens is 324 g/mol. The zero-order valence-corrected chi connectivity index (χ0v) is 14.3. The Kier molecular flexibility index (Phi) is 6.97. The van der Waals surface area contributed by atoms with Crippen molar-refractivity contribution in [1.82, 2.24) is 10.4 Å². The highest BCUT2D eigenvalue weighted by Crippen LogP contribution is 2.23. The monoisotopic (exact) mass is 348 g/mol. The van der Waals surface area contributed by atoms with Crippen molar-refractivity contribution in [3.05, 3.63) is 41.5 Å². The van der Waals surface area contributed by atoms with Gasteiger partial charge < -0.3 is 14.7 Å². The van der Waals surface area contributed by atoms with Gasteiger partial charge in [-0.3, -0.25) is 14.8 Å². The van der Waals surface area contributed by atoms with Crippen LogP contribution in [-0.2, 0) is 16.1 Å². The molecule has 25 heavy (non-hydrogen) atoms. The molecule has 0 aliphatic carbocycles. The maximum Gasteiger partial charge on any atom is 0.274 e. The molecule has 136 valence electrons. The molecule has 1 aliphatic heterocycles. The smallest absolute Gasteiger partial charge is 0.274 e. The summed E-state index contributed by atoms with van der Waals surface area (Å²) in [5.74, 6) is -0.823. The lowest BCUT2D eigenvalue weighted by Gasteiger charge is -2.29. The van der Waals surface area contributed by atoms with Gasteiger partial charge >= 0.3 is 0 Å². The van der Waals surface area contributed by atoms with Crippen LogP contribution >= 0.6 is 0 Å². The van der Waals surface area contributed by atoms with Crippen molar-refractivity contribution in [2.24, 2.45) is 5.92 Å². The van der Waals surface area contributed by atoms with Gasteiger partial charge in [-0.15, -0.1) is 0 Å². The Morgan fingerprint density at radius 1 is 1.36 bits per heavy atom. The molecule has 1 saturated heterocycles. The van der Waals surface area contributed by atoms with Crippen LogP contribution < -0.4 is 5.48 Å². The lowest BCUT2D eigenvalue weighted by atomic mass is 9.98. The van der Waals surface area contributed by atoms with E-state index in [1.807, 2.05) is 19.1 Å². The molecule has 2 rings (SSSR count). The zero-order chi connectivity index (χ0) is 18.2. The molecule has 2 amide bonds. The third-order valence-corrected chi connectivity index (χ3v) is 4.25. The summed E-state index contributed by atoms with van der Waals surface area (Å²) in [6.07, 6.45) is 5.17. The number of allylic oxidation sites excluding steroid dienone is 1. The first-order valence-corrected chi connectivity index (χ1v) is 8.30. The first kappa shape index (κ1) is 19.0. The number of nitrogens with one attached hydrogen (secondary N) is 1. The SMILES string of the molecule is C/C=C\CN(Cc1ccc(C(=O)NO)cc1O)C(=O)C1CCOCC1. The van der Waals surface area contributed by atoms with E-state index >= 15 is 0 Å². The van der Waals surface area contributed by atoms with E-state index in [2.05, 4.69) is 0 Å². The van der Waals surface area contributed by atoms with Crippen LogP contribution in [0.2, 0.25) is 0 Å². The average molecular weight is 348 g/mol. The van der Waals surface area contributed by atoms with E-state index in [0.29, 0.717) is 38.2 Å². The summed E-state index contributed by atoms with van der Waals surface area (Å²) in [4.78, 5) is 25.9. The number of nitrogens with zero attached hydrogens (tertiary/aromatic N) is 1. The minimum atomic E-state index is -0.703. The topological polar surface area (TPSA) is 99.1 Å². The van der Waals surface area contributed by atoms with Crippen molar-refractivity contribution in [1.29, 1.82) is 0 Å². The molecule has 1 heterocycles. The number of benzene rings is 1. The fourth-order valence-corrected chi connectivity index (χ4v) is 2.78.